The minimum Gasteiger partial charge on any atom is -0.497 e. The van der Waals surface area contributed by atoms with Crippen molar-refractivity contribution in [3.8, 4) is 5.75 Å². The molecule has 0 aliphatic carbocycles. The van der Waals surface area contributed by atoms with Gasteiger partial charge in [0.25, 0.3) is 0 Å². The Bertz CT molecular complexity index is 813. The second kappa shape index (κ2) is 12.4. The molecule has 0 amide bonds. The first-order valence-electron chi connectivity index (χ1n) is 9.30. The van der Waals surface area contributed by atoms with Gasteiger partial charge in [0.1, 0.15) is 18.8 Å². The van der Waals surface area contributed by atoms with Crippen LogP contribution in [0.3, 0.4) is 0 Å². The van der Waals surface area contributed by atoms with Gasteiger partial charge in [0.15, 0.2) is 0 Å². The molecule has 6 heteroatoms. The lowest BCUT2D eigenvalue weighted by atomic mass is 10.0. The Balaban J connectivity index is 1.96. The molecular weight excluding hydrogens is 372 g/mol. The van der Waals surface area contributed by atoms with Crippen molar-refractivity contribution in [2.24, 2.45) is 0 Å². The highest BCUT2D eigenvalue weighted by molar-refractivity contribution is 5.91. The summed E-state index contributed by atoms with van der Waals surface area (Å²) < 4.78 is 20.6. The lowest BCUT2D eigenvalue weighted by Crippen LogP contribution is -2.12. The van der Waals surface area contributed by atoms with Crippen LogP contribution >= 0.6 is 0 Å². The summed E-state index contributed by atoms with van der Waals surface area (Å²) in [6.45, 7) is 1.09. The number of hydrogen-bond acceptors (Lipinski definition) is 6. The van der Waals surface area contributed by atoms with Gasteiger partial charge in [-0.05, 0) is 41.3 Å². The molecule has 29 heavy (non-hydrogen) atoms. The lowest BCUT2D eigenvalue weighted by Gasteiger charge is -2.11. The average Bonchev–Trinajstić information content (AvgIpc) is 2.76. The van der Waals surface area contributed by atoms with E-state index in [1.807, 2.05) is 60.7 Å². The quantitative estimate of drug-likeness (QED) is 0.326. The standard InChI is InChI=1S/C23H26O6/c1-26-21-10-6-9-20(15-21)19(12-14-29-23(25)16-22(24)27-2)11-13-28-17-18-7-4-3-5-8-18/h3-10,12,15H,11,13-14,16-17H2,1-2H3/b19-12-. The van der Waals surface area contributed by atoms with Crippen LogP contribution in [-0.2, 0) is 30.4 Å². The van der Waals surface area contributed by atoms with Crippen LogP contribution in [0.25, 0.3) is 5.57 Å². The largest absolute Gasteiger partial charge is 0.497 e. The van der Waals surface area contributed by atoms with Crippen molar-refractivity contribution in [3.63, 3.8) is 0 Å². The molecule has 0 bridgehead atoms. The van der Waals surface area contributed by atoms with Gasteiger partial charge in [-0.3, -0.25) is 9.59 Å². The summed E-state index contributed by atoms with van der Waals surface area (Å²) >= 11 is 0. The van der Waals surface area contributed by atoms with Gasteiger partial charge < -0.3 is 18.9 Å². The molecule has 0 aromatic heterocycles. The average molecular weight is 398 g/mol. The molecule has 6 nitrogen and oxygen atoms in total. The van der Waals surface area contributed by atoms with Crippen molar-refractivity contribution in [2.45, 2.75) is 19.4 Å². The van der Waals surface area contributed by atoms with E-state index in [9.17, 15) is 9.59 Å². The molecule has 0 unspecified atom stereocenters. The number of ether oxygens (including phenoxy) is 4. The van der Waals surface area contributed by atoms with Gasteiger partial charge in [0.05, 0.1) is 27.4 Å². The topological polar surface area (TPSA) is 71.1 Å². The number of rotatable bonds is 11. The van der Waals surface area contributed by atoms with Gasteiger partial charge in [0, 0.05) is 0 Å². The lowest BCUT2D eigenvalue weighted by molar-refractivity contribution is -0.152. The van der Waals surface area contributed by atoms with E-state index < -0.39 is 18.4 Å². The second-order valence-corrected chi connectivity index (χ2v) is 6.19. The van der Waals surface area contributed by atoms with Gasteiger partial charge >= 0.3 is 11.9 Å². The first-order valence-corrected chi connectivity index (χ1v) is 9.30. The number of carbonyl (C=O) groups excluding carboxylic acids is 2. The van der Waals surface area contributed by atoms with Gasteiger partial charge in [0.2, 0.25) is 0 Å². The predicted molar refractivity (Wildman–Crippen MR) is 109 cm³/mol. The van der Waals surface area contributed by atoms with Crippen LogP contribution in [0.1, 0.15) is 24.0 Å². The summed E-state index contributed by atoms with van der Waals surface area (Å²) in [5, 5.41) is 0. The van der Waals surface area contributed by atoms with Crippen molar-refractivity contribution >= 4 is 17.5 Å². The number of benzene rings is 2. The van der Waals surface area contributed by atoms with E-state index in [2.05, 4.69) is 4.74 Å². The van der Waals surface area contributed by atoms with Crippen LogP contribution < -0.4 is 4.74 Å². The number of hydrogen-bond donors (Lipinski definition) is 0. The molecule has 0 fully saturated rings. The highest BCUT2D eigenvalue weighted by Gasteiger charge is 2.10. The maximum Gasteiger partial charge on any atom is 0.317 e. The monoisotopic (exact) mass is 398 g/mol. The highest BCUT2D eigenvalue weighted by Crippen LogP contribution is 2.23. The van der Waals surface area contributed by atoms with Crippen molar-refractivity contribution in [2.75, 3.05) is 27.4 Å². The minimum atomic E-state index is -0.626. The molecule has 0 radical (unpaired) electrons. The molecule has 0 atom stereocenters. The maximum atomic E-state index is 11.7. The fourth-order valence-electron chi connectivity index (χ4n) is 2.61. The first-order chi connectivity index (χ1) is 14.1. The number of carbonyl (C=O) groups is 2. The molecule has 2 aromatic rings. The summed E-state index contributed by atoms with van der Waals surface area (Å²) in [4.78, 5) is 22.8. The molecule has 2 rings (SSSR count). The Morgan fingerprint density at radius 2 is 1.76 bits per heavy atom. The van der Waals surface area contributed by atoms with Crippen LogP contribution in [0.2, 0.25) is 0 Å². The normalized spacial score (nSPS) is 11.0. The summed E-state index contributed by atoms with van der Waals surface area (Å²) in [5.74, 6) is -0.513. The third kappa shape index (κ3) is 8.19. The highest BCUT2D eigenvalue weighted by atomic mass is 16.5. The molecule has 0 aliphatic heterocycles. The summed E-state index contributed by atoms with van der Waals surface area (Å²) in [6.07, 6.45) is 2.05. The first kappa shape index (κ1) is 22.2. The van der Waals surface area contributed by atoms with Gasteiger partial charge in [-0.15, -0.1) is 0 Å². The predicted octanol–water partition coefficient (Wildman–Crippen LogP) is 3.79. The SMILES string of the molecule is COC(=O)CC(=O)OC/C=C(/CCOCc1ccccc1)c1cccc(OC)c1. The van der Waals surface area contributed by atoms with Gasteiger partial charge in [-0.1, -0.05) is 42.5 Å². The fraction of sp³-hybridized carbons (Fsp3) is 0.304. The molecule has 2 aromatic carbocycles. The van der Waals surface area contributed by atoms with Crippen LogP contribution in [0, 0.1) is 0 Å². The Kier molecular flexibility index (Phi) is 9.45. The zero-order chi connectivity index (χ0) is 20.9. The summed E-state index contributed by atoms with van der Waals surface area (Å²) in [5.41, 5.74) is 3.02. The smallest absolute Gasteiger partial charge is 0.317 e. The Morgan fingerprint density at radius 1 is 0.966 bits per heavy atom. The Labute approximate surface area is 171 Å². The molecule has 0 heterocycles. The Morgan fingerprint density at radius 3 is 2.48 bits per heavy atom. The zero-order valence-electron chi connectivity index (χ0n) is 16.8. The van der Waals surface area contributed by atoms with E-state index in [1.54, 1.807) is 7.11 Å². The van der Waals surface area contributed by atoms with E-state index in [-0.39, 0.29) is 6.61 Å². The van der Waals surface area contributed by atoms with Gasteiger partial charge in [-0.2, -0.15) is 0 Å². The fourth-order valence-corrected chi connectivity index (χ4v) is 2.61. The third-order valence-electron chi connectivity index (χ3n) is 4.16. The molecule has 0 aliphatic rings. The maximum absolute atomic E-state index is 11.7. The molecule has 154 valence electrons. The van der Waals surface area contributed by atoms with Crippen molar-refractivity contribution in [1.29, 1.82) is 0 Å². The van der Waals surface area contributed by atoms with Crippen LogP contribution in [0.5, 0.6) is 5.75 Å². The summed E-state index contributed by atoms with van der Waals surface area (Å²) in [6, 6.07) is 17.6. The number of esters is 2. The van der Waals surface area contributed by atoms with Crippen molar-refractivity contribution in [1.82, 2.24) is 0 Å². The van der Waals surface area contributed by atoms with Crippen LogP contribution in [0.15, 0.2) is 60.7 Å². The van der Waals surface area contributed by atoms with Crippen LogP contribution in [0.4, 0.5) is 0 Å². The van der Waals surface area contributed by atoms with Crippen molar-refractivity contribution < 1.29 is 28.5 Å². The van der Waals surface area contributed by atoms with Gasteiger partial charge in [-0.25, -0.2) is 0 Å². The van der Waals surface area contributed by atoms with E-state index in [0.717, 1.165) is 22.4 Å². The summed E-state index contributed by atoms with van der Waals surface area (Å²) in [7, 11) is 2.84. The van der Waals surface area contributed by atoms with Crippen molar-refractivity contribution in [3.05, 3.63) is 71.8 Å². The van der Waals surface area contributed by atoms with E-state index in [4.69, 9.17) is 14.2 Å². The second-order valence-electron chi connectivity index (χ2n) is 6.19. The molecule has 0 saturated carbocycles. The molecule has 0 N–H and O–H groups in total. The Hall–Kier alpha value is -3.12. The van der Waals surface area contributed by atoms with E-state index in [1.165, 1.54) is 7.11 Å². The molecule has 0 saturated heterocycles. The molecular formula is C23H26O6. The van der Waals surface area contributed by atoms with Crippen LogP contribution in [-0.4, -0.2) is 39.4 Å². The minimum absolute atomic E-state index is 0.0566. The molecule has 0 spiro atoms. The number of methoxy groups -OCH3 is 2. The van der Waals surface area contributed by atoms with E-state index in [0.29, 0.717) is 19.6 Å². The zero-order valence-corrected chi connectivity index (χ0v) is 16.8. The van der Waals surface area contributed by atoms with E-state index >= 15 is 0 Å². The third-order valence-corrected chi connectivity index (χ3v) is 4.16.